The van der Waals surface area contributed by atoms with Crippen LogP contribution in [0.2, 0.25) is 0 Å². The lowest BCUT2D eigenvalue weighted by Crippen LogP contribution is -2.48. The monoisotopic (exact) mass is 186 g/mol. The Bertz CT molecular complexity index is 192. The van der Waals surface area contributed by atoms with Crippen molar-refractivity contribution in [3.8, 4) is 0 Å². The minimum atomic E-state index is -0.0729. The molecule has 0 aliphatic rings. The van der Waals surface area contributed by atoms with E-state index < -0.39 is 0 Å². The zero-order chi connectivity index (χ0) is 10.4. The molecule has 0 aliphatic heterocycles. The van der Waals surface area contributed by atoms with Crippen molar-refractivity contribution < 1.29 is 9.59 Å². The molecule has 2 N–H and O–H groups in total. The van der Waals surface area contributed by atoms with Crippen LogP contribution in [-0.2, 0) is 9.59 Å². The Hall–Kier alpha value is -1.06. The van der Waals surface area contributed by atoms with Crippen molar-refractivity contribution in [3.63, 3.8) is 0 Å². The number of hydrogen-bond acceptors (Lipinski definition) is 2. The molecular weight excluding hydrogens is 168 g/mol. The van der Waals surface area contributed by atoms with E-state index in [2.05, 4.69) is 10.6 Å². The number of rotatable bonds is 4. The van der Waals surface area contributed by atoms with Crippen molar-refractivity contribution in [2.75, 3.05) is 0 Å². The van der Waals surface area contributed by atoms with Gasteiger partial charge in [-0.2, -0.15) is 0 Å². The van der Waals surface area contributed by atoms with E-state index in [1.165, 1.54) is 13.8 Å². The van der Waals surface area contributed by atoms with E-state index in [-0.39, 0.29) is 23.9 Å². The first-order chi connectivity index (χ1) is 5.97. The zero-order valence-electron chi connectivity index (χ0n) is 8.68. The van der Waals surface area contributed by atoms with Gasteiger partial charge in [0.1, 0.15) is 0 Å². The average molecular weight is 186 g/mol. The van der Waals surface area contributed by atoms with Crippen molar-refractivity contribution in [3.05, 3.63) is 0 Å². The Balaban J connectivity index is 4.06. The summed E-state index contributed by atoms with van der Waals surface area (Å²) >= 11 is 0. The van der Waals surface area contributed by atoms with Gasteiger partial charge in [0.2, 0.25) is 11.8 Å². The summed E-state index contributed by atoms with van der Waals surface area (Å²) in [6.45, 7) is 6.80. The van der Waals surface area contributed by atoms with Gasteiger partial charge in [-0.1, -0.05) is 6.92 Å². The van der Waals surface area contributed by atoms with Crippen molar-refractivity contribution >= 4 is 11.8 Å². The van der Waals surface area contributed by atoms with Crippen molar-refractivity contribution in [2.45, 2.75) is 46.2 Å². The Morgan fingerprint density at radius 3 is 1.92 bits per heavy atom. The number of nitrogens with one attached hydrogen (secondary N) is 2. The Labute approximate surface area is 79.1 Å². The van der Waals surface area contributed by atoms with E-state index in [9.17, 15) is 9.59 Å². The van der Waals surface area contributed by atoms with Crippen molar-refractivity contribution in [1.29, 1.82) is 0 Å². The average Bonchev–Trinajstić information content (AvgIpc) is 1.98. The van der Waals surface area contributed by atoms with Crippen LogP contribution >= 0.6 is 0 Å². The predicted molar refractivity (Wildman–Crippen MR) is 51.2 cm³/mol. The fourth-order valence-corrected chi connectivity index (χ4v) is 1.26. The van der Waals surface area contributed by atoms with Gasteiger partial charge in [-0.3, -0.25) is 9.59 Å². The molecule has 0 unspecified atom stereocenters. The van der Waals surface area contributed by atoms with E-state index in [4.69, 9.17) is 0 Å². The van der Waals surface area contributed by atoms with Gasteiger partial charge in [0.05, 0.1) is 0 Å². The highest BCUT2D eigenvalue weighted by Crippen LogP contribution is 1.97. The van der Waals surface area contributed by atoms with Crippen LogP contribution < -0.4 is 10.6 Å². The first kappa shape index (κ1) is 11.9. The molecule has 0 aliphatic carbocycles. The first-order valence-electron chi connectivity index (χ1n) is 4.51. The molecule has 76 valence electrons. The van der Waals surface area contributed by atoms with Crippen LogP contribution in [0.4, 0.5) is 0 Å². The van der Waals surface area contributed by atoms with Crippen LogP contribution in [0.5, 0.6) is 0 Å². The molecule has 0 fully saturated rings. The quantitative estimate of drug-likeness (QED) is 0.668. The molecule has 2 atom stereocenters. The van der Waals surface area contributed by atoms with Crippen LogP contribution in [0.15, 0.2) is 0 Å². The molecule has 0 saturated carbocycles. The second-order valence-corrected chi connectivity index (χ2v) is 3.20. The van der Waals surface area contributed by atoms with E-state index >= 15 is 0 Å². The lowest BCUT2D eigenvalue weighted by molar-refractivity contribution is -0.122. The molecule has 0 saturated heterocycles. The van der Waals surface area contributed by atoms with Gasteiger partial charge in [-0.05, 0) is 13.3 Å². The summed E-state index contributed by atoms with van der Waals surface area (Å²) in [6, 6.07) is -0.00667. The van der Waals surface area contributed by atoms with Crippen LogP contribution in [0, 0.1) is 0 Å². The molecule has 0 heterocycles. The van der Waals surface area contributed by atoms with E-state index in [0.717, 1.165) is 6.42 Å². The molecule has 2 amide bonds. The topological polar surface area (TPSA) is 58.2 Å². The third-order valence-corrected chi connectivity index (χ3v) is 1.86. The summed E-state index contributed by atoms with van der Waals surface area (Å²) in [6.07, 6.45) is 0.807. The number of hydrogen-bond donors (Lipinski definition) is 2. The van der Waals surface area contributed by atoms with Gasteiger partial charge in [-0.25, -0.2) is 0 Å². The minimum absolute atomic E-state index is 0.0152. The van der Waals surface area contributed by atoms with Crippen LogP contribution in [0.1, 0.15) is 34.1 Å². The van der Waals surface area contributed by atoms with Gasteiger partial charge in [0.15, 0.2) is 0 Å². The standard InChI is InChI=1S/C9H18N2O2/c1-5-9(11-8(4)13)6(2)10-7(3)12/h6,9H,5H2,1-4H3,(H,10,12)(H,11,13)/t6-,9+/m1/s1. The second-order valence-electron chi connectivity index (χ2n) is 3.20. The smallest absolute Gasteiger partial charge is 0.217 e. The molecule has 13 heavy (non-hydrogen) atoms. The fourth-order valence-electron chi connectivity index (χ4n) is 1.26. The van der Waals surface area contributed by atoms with Gasteiger partial charge >= 0.3 is 0 Å². The van der Waals surface area contributed by atoms with Gasteiger partial charge in [0.25, 0.3) is 0 Å². The number of carbonyl (C=O) groups is 2. The summed E-state index contributed by atoms with van der Waals surface area (Å²) < 4.78 is 0. The van der Waals surface area contributed by atoms with Gasteiger partial charge in [0, 0.05) is 25.9 Å². The summed E-state index contributed by atoms with van der Waals surface area (Å²) in [4.78, 5) is 21.5. The molecule has 4 heteroatoms. The van der Waals surface area contributed by atoms with Gasteiger partial charge in [-0.15, -0.1) is 0 Å². The minimum Gasteiger partial charge on any atom is -0.352 e. The third kappa shape index (κ3) is 5.22. The summed E-state index contributed by atoms with van der Waals surface area (Å²) in [7, 11) is 0. The summed E-state index contributed by atoms with van der Waals surface area (Å²) in [5.41, 5.74) is 0. The third-order valence-electron chi connectivity index (χ3n) is 1.86. The van der Waals surface area contributed by atoms with Crippen molar-refractivity contribution in [2.24, 2.45) is 0 Å². The maximum absolute atomic E-state index is 10.8. The largest absolute Gasteiger partial charge is 0.352 e. The maximum Gasteiger partial charge on any atom is 0.217 e. The second kappa shape index (κ2) is 5.56. The maximum atomic E-state index is 10.8. The normalized spacial score (nSPS) is 14.5. The van der Waals surface area contributed by atoms with Crippen molar-refractivity contribution in [1.82, 2.24) is 10.6 Å². The first-order valence-corrected chi connectivity index (χ1v) is 4.51. The molecule has 4 nitrogen and oxygen atoms in total. The molecule has 0 aromatic heterocycles. The van der Waals surface area contributed by atoms with Crippen LogP contribution in [-0.4, -0.2) is 23.9 Å². The molecule has 0 aromatic carbocycles. The lowest BCUT2D eigenvalue weighted by atomic mass is 10.1. The van der Waals surface area contributed by atoms with E-state index in [1.54, 1.807) is 0 Å². The van der Waals surface area contributed by atoms with Crippen LogP contribution in [0.25, 0.3) is 0 Å². The lowest BCUT2D eigenvalue weighted by Gasteiger charge is -2.23. The van der Waals surface area contributed by atoms with E-state index in [0.29, 0.717) is 0 Å². The molecule has 0 aromatic rings. The highest BCUT2D eigenvalue weighted by atomic mass is 16.2. The zero-order valence-corrected chi connectivity index (χ0v) is 8.68. The summed E-state index contributed by atoms with van der Waals surface area (Å²) in [5, 5.41) is 5.53. The molecular formula is C9H18N2O2. The molecule has 0 bridgehead atoms. The SMILES string of the molecule is CC[C@H](NC(C)=O)[C@@H](C)NC(C)=O. The molecule has 0 spiro atoms. The Morgan fingerprint density at radius 1 is 1.15 bits per heavy atom. The molecule has 0 rings (SSSR count). The van der Waals surface area contributed by atoms with E-state index in [1.807, 2.05) is 13.8 Å². The number of amides is 2. The fraction of sp³-hybridized carbons (Fsp3) is 0.778. The molecule has 0 radical (unpaired) electrons. The van der Waals surface area contributed by atoms with Gasteiger partial charge < -0.3 is 10.6 Å². The Kier molecular flexibility index (Phi) is 5.11. The Morgan fingerprint density at radius 2 is 1.62 bits per heavy atom. The summed E-state index contributed by atoms with van der Waals surface area (Å²) in [5.74, 6) is -0.139. The number of carbonyl (C=O) groups excluding carboxylic acids is 2. The highest BCUT2D eigenvalue weighted by molar-refractivity contribution is 5.74. The predicted octanol–water partition coefficient (Wildman–Crippen LogP) is 0.426. The van der Waals surface area contributed by atoms with Crippen LogP contribution in [0.3, 0.4) is 0 Å². The highest BCUT2D eigenvalue weighted by Gasteiger charge is 2.16.